The molecule has 96 valence electrons. The molecule has 1 heteroatoms. The second-order valence-electron chi connectivity index (χ2n) is 5.59. The molecule has 0 bridgehead atoms. The number of para-hydroxylation sites is 1. The Morgan fingerprint density at radius 3 is 2.63 bits per heavy atom. The summed E-state index contributed by atoms with van der Waals surface area (Å²) in [7, 11) is 0. The Bertz CT molecular complexity index is 672. The lowest BCUT2D eigenvalue weighted by molar-refractivity contribution is 0.787. The van der Waals surface area contributed by atoms with Gasteiger partial charge in [0, 0.05) is 23.1 Å². The molecule has 0 saturated carbocycles. The molecule has 0 amide bonds. The van der Waals surface area contributed by atoms with Crippen LogP contribution in [0.15, 0.2) is 54.3 Å². The van der Waals surface area contributed by atoms with E-state index >= 15 is 0 Å². The largest absolute Gasteiger partial charge is 0.256 e. The van der Waals surface area contributed by atoms with Gasteiger partial charge in [0.1, 0.15) is 0 Å². The van der Waals surface area contributed by atoms with Crippen molar-refractivity contribution in [1.82, 2.24) is 4.98 Å². The molecule has 0 radical (unpaired) electrons. The molecule has 1 aromatic carbocycles. The van der Waals surface area contributed by atoms with Crippen LogP contribution in [0.4, 0.5) is 0 Å². The molecule has 0 N–H and O–H groups in total. The highest BCUT2D eigenvalue weighted by molar-refractivity contribution is 5.92. The first-order valence-corrected chi connectivity index (χ1v) is 6.94. The van der Waals surface area contributed by atoms with Crippen molar-refractivity contribution in [2.75, 3.05) is 0 Å². The zero-order valence-electron chi connectivity index (χ0n) is 11.7. The van der Waals surface area contributed by atoms with E-state index < -0.39 is 0 Å². The lowest BCUT2D eigenvalue weighted by Crippen LogP contribution is -1.94. The Labute approximate surface area is 114 Å². The van der Waals surface area contributed by atoms with Crippen LogP contribution in [0.2, 0.25) is 0 Å². The summed E-state index contributed by atoms with van der Waals surface area (Å²) in [6.07, 6.45) is 6.60. The standard InChI is InChI=1S/C18H19N/c1-12(2)15-10-13(3)17(11-15)16-8-4-6-14-7-5-9-19-18(14)16/h4-13H,1-3H3. The lowest BCUT2D eigenvalue weighted by atomic mass is 9.95. The lowest BCUT2D eigenvalue weighted by Gasteiger charge is -2.10. The normalized spacial score (nSPS) is 18.8. The number of benzene rings is 1. The first kappa shape index (κ1) is 12.2. The number of fused-ring (bicyclic) bond motifs is 1. The summed E-state index contributed by atoms with van der Waals surface area (Å²) >= 11 is 0. The fourth-order valence-corrected chi connectivity index (χ4v) is 2.76. The van der Waals surface area contributed by atoms with Crippen molar-refractivity contribution in [2.24, 2.45) is 11.8 Å². The van der Waals surface area contributed by atoms with Crippen molar-refractivity contribution in [3.63, 3.8) is 0 Å². The van der Waals surface area contributed by atoms with Gasteiger partial charge in [0.2, 0.25) is 0 Å². The van der Waals surface area contributed by atoms with Crippen LogP contribution in [0.3, 0.4) is 0 Å². The average Bonchev–Trinajstić information content (AvgIpc) is 2.80. The van der Waals surface area contributed by atoms with Gasteiger partial charge in [0.25, 0.3) is 0 Å². The van der Waals surface area contributed by atoms with Crippen LogP contribution in [-0.2, 0) is 0 Å². The van der Waals surface area contributed by atoms with Crippen molar-refractivity contribution in [2.45, 2.75) is 20.8 Å². The molecule has 1 aromatic heterocycles. The minimum absolute atomic E-state index is 0.477. The van der Waals surface area contributed by atoms with Crippen LogP contribution in [0.1, 0.15) is 26.3 Å². The van der Waals surface area contributed by atoms with Crippen LogP contribution in [0.5, 0.6) is 0 Å². The van der Waals surface area contributed by atoms with Crippen LogP contribution in [0, 0.1) is 11.8 Å². The number of aromatic nitrogens is 1. The molecule has 1 aliphatic carbocycles. The van der Waals surface area contributed by atoms with Crippen LogP contribution in [0.25, 0.3) is 16.5 Å². The highest BCUT2D eigenvalue weighted by Crippen LogP contribution is 2.37. The Morgan fingerprint density at radius 1 is 1.11 bits per heavy atom. The van der Waals surface area contributed by atoms with Crippen LogP contribution in [-0.4, -0.2) is 4.98 Å². The number of allylic oxidation sites excluding steroid dienone is 4. The highest BCUT2D eigenvalue weighted by atomic mass is 14.6. The van der Waals surface area contributed by atoms with E-state index in [9.17, 15) is 0 Å². The molecule has 1 atom stereocenters. The first-order chi connectivity index (χ1) is 9.16. The van der Waals surface area contributed by atoms with E-state index in [0.29, 0.717) is 11.8 Å². The van der Waals surface area contributed by atoms with Crippen molar-refractivity contribution < 1.29 is 0 Å². The van der Waals surface area contributed by atoms with E-state index in [2.05, 4.69) is 62.2 Å². The number of nitrogens with zero attached hydrogens (tertiary/aromatic N) is 1. The van der Waals surface area contributed by atoms with Gasteiger partial charge < -0.3 is 0 Å². The SMILES string of the molecule is CC(C)C1=CC(C)C(c2cccc3cccnc23)=C1. The number of hydrogen-bond donors (Lipinski definition) is 0. The van der Waals surface area contributed by atoms with E-state index in [1.54, 1.807) is 0 Å². The van der Waals surface area contributed by atoms with Gasteiger partial charge in [-0.25, -0.2) is 0 Å². The van der Waals surface area contributed by atoms with Crippen LogP contribution < -0.4 is 0 Å². The maximum atomic E-state index is 4.57. The Balaban J connectivity index is 2.14. The van der Waals surface area contributed by atoms with E-state index in [1.165, 1.54) is 22.1 Å². The molecule has 3 rings (SSSR count). The second kappa shape index (κ2) is 4.65. The van der Waals surface area contributed by atoms with Crippen molar-refractivity contribution in [3.05, 3.63) is 59.8 Å². The predicted molar refractivity (Wildman–Crippen MR) is 81.8 cm³/mol. The molecule has 19 heavy (non-hydrogen) atoms. The third-order valence-electron chi connectivity index (χ3n) is 3.87. The fraction of sp³-hybridized carbons (Fsp3) is 0.278. The summed E-state index contributed by atoms with van der Waals surface area (Å²) in [5.74, 6) is 1.06. The molecular weight excluding hydrogens is 230 g/mol. The summed E-state index contributed by atoms with van der Waals surface area (Å²) in [4.78, 5) is 4.57. The number of hydrogen-bond acceptors (Lipinski definition) is 1. The third kappa shape index (κ3) is 2.10. The first-order valence-electron chi connectivity index (χ1n) is 6.94. The topological polar surface area (TPSA) is 12.9 Å². The van der Waals surface area contributed by atoms with Crippen molar-refractivity contribution in [1.29, 1.82) is 0 Å². The third-order valence-corrected chi connectivity index (χ3v) is 3.87. The molecule has 2 aromatic rings. The molecule has 1 aliphatic rings. The average molecular weight is 249 g/mol. The Kier molecular flexibility index (Phi) is 2.98. The molecule has 1 unspecified atom stereocenters. The van der Waals surface area contributed by atoms with E-state index in [-0.39, 0.29) is 0 Å². The van der Waals surface area contributed by atoms with E-state index in [4.69, 9.17) is 0 Å². The monoisotopic (exact) mass is 249 g/mol. The number of pyridine rings is 1. The van der Waals surface area contributed by atoms with Gasteiger partial charge in [-0.1, -0.05) is 57.2 Å². The maximum absolute atomic E-state index is 4.57. The zero-order valence-corrected chi connectivity index (χ0v) is 11.7. The van der Waals surface area contributed by atoms with Gasteiger partial charge in [-0.3, -0.25) is 4.98 Å². The Morgan fingerprint density at radius 2 is 1.89 bits per heavy atom. The molecule has 0 aliphatic heterocycles. The van der Waals surface area contributed by atoms with Crippen molar-refractivity contribution in [3.8, 4) is 0 Å². The van der Waals surface area contributed by atoms with Crippen LogP contribution >= 0.6 is 0 Å². The predicted octanol–water partition coefficient (Wildman–Crippen LogP) is 4.85. The molecule has 0 spiro atoms. The van der Waals surface area contributed by atoms with Gasteiger partial charge in [-0.05, 0) is 23.1 Å². The zero-order chi connectivity index (χ0) is 13.4. The Hall–Kier alpha value is -1.89. The van der Waals surface area contributed by atoms with Gasteiger partial charge in [-0.15, -0.1) is 0 Å². The van der Waals surface area contributed by atoms with Gasteiger partial charge >= 0.3 is 0 Å². The second-order valence-corrected chi connectivity index (χ2v) is 5.59. The molecule has 1 heterocycles. The fourth-order valence-electron chi connectivity index (χ4n) is 2.76. The van der Waals surface area contributed by atoms with Gasteiger partial charge in [0.15, 0.2) is 0 Å². The molecular formula is C18H19N. The quantitative estimate of drug-likeness (QED) is 0.741. The number of rotatable bonds is 2. The summed E-state index contributed by atoms with van der Waals surface area (Å²) in [6.45, 7) is 6.77. The van der Waals surface area contributed by atoms with Gasteiger partial charge in [0.05, 0.1) is 5.52 Å². The van der Waals surface area contributed by atoms with Crippen molar-refractivity contribution >= 4 is 16.5 Å². The molecule has 1 nitrogen and oxygen atoms in total. The summed E-state index contributed by atoms with van der Waals surface area (Å²) in [5, 5.41) is 1.21. The minimum atomic E-state index is 0.477. The van der Waals surface area contributed by atoms with E-state index in [0.717, 1.165) is 5.52 Å². The minimum Gasteiger partial charge on any atom is -0.256 e. The molecule has 0 fully saturated rings. The maximum Gasteiger partial charge on any atom is 0.0777 e. The smallest absolute Gasteiger partial charge is 0.0777 e. The van der Waals surface area contributed by atoms with Gasteiger partial charge in [-0.2, -0.15) is 0 Å². The summed E-state index contributed by atoms with van der Waals surface area (Å²) < 4.78 is 0. The highest BCUT2D eigenvalue weighted by Gasteiger charge is 2.19. The summed E-state index contributed by atoms with van der Waals surface area (Å²) in [6, 6.07) is 10.6. The molecule has 0 saturated heterocycles. The summed E-state index contributed by atoms with van der Waals surface area (Å²) in [5.41, 5.74) is 5.22. The van der Waals surface area contributed by atoms with E-state index in [1.807, 2.05) is 12.3 Å².